The molecule has 0 radical (unpaired) electrons. The van der Waals surface area contributed by atoms with Gasteiger partial charge in [0, 0.05) is 19.4 Å². The molecule has 0 bridgehead atoms. The number of hydrogen-bond acceptors (Lipinski definition) is 4. The fourth-order valence-corrected chi connectivity index (χ4v) is 1.47. The zero-order valence-electron chi connectivity index (χ0n) is 11.5. The first-order chi connectivity index (χ1) is 9.11. The van der Waals surface area contributed by atoms with Crippen LogP contribution in [0.15, 0.2) is 18.3 Å². The minimum Gasteiger partial charge on any atom is -0.384 e. The van der Waals surface area contributed by atoms with Crippen LogP contribution in [0.4, 0.5) is 11.5 Å². The van der Waals surface area contributed by atoms with Gasteiger partial charge in [-0.3, -0.25) is 9.59 Å². The summed E-state index contributed by atoms with van der Waals surface area (Å²) in [5.41, 5.74) is 6.05. The van der Waals surface area contributed by atoms with Crippen molar-refractivity contribution in [3.63, 3.8) is 0 Å². The van der Waals surface area contributed by atoms with Crippen LogP contribution in [0, 0.1) is 0 Å². The molecule has 0 saturated heterocycles. The molecule has 7 heteroatoms. The minimum absolute atomic E-state index is 0. The highest BCUT2D eigenvalue weighted by Gasteiger charge is 2.05. The second kappa shape index (κ2) is 10.0. The Morgan fingerprint density at radius 1 is 1.25 bits per heavy atom. The van der Waals surface area contributed by atoms with Crippen molar-refractivity contribution in [2.24, 2.45) is 0 Å². The van der Waals surface area contributed by atoms with Gasteiger partial charge in [0.05, 0.1) is 11.9 Å². The third kappa shape index (κ3) is 7.58. The number of hydrogen-bond donors (Lipinski definition) is 3. The average Bonchev–Trinajstić information content (AvgIpc) is 2.39. The van der Waals surface area contributed by atoms with E-state index in [1.165, 1.54) is 6.20 Å². The molecule has 0 fully saturated rings. The highest BCUT2D eigenvalue weighted by atomic mass is 35.5. The molecule has 0 unspecified atom stereocenters. The predicted molar refractivity (Wildman–Crippen MR) is 81.7 cm³/mol. The van der Waals surface area contributed by atoms with E-state index in [0.29, 0.717) is 37.3 Å². The molecule has 0 aliphatic heterocycles. The lowest BCUT2D eigenvalue weighted by Gasteiger charge is -2.05. The van der Waals surface area contributed by atoms with E-state index >= 15 is 0 Å². The van der Waals surface area contributed by atoms with Crippen LogP contribution in [-0.4, -0.2) is 23.3 Å². The van der Waals surface area contributed by atoms with Crippen molar-refractivity contribution in [2.75, 3.05) is 17.6 Å². The van der Waals surface area contributed by atoms with Gasteiger partial charge in [-0.05, 0) is 25.0 Å². The number of carbonyl (C=O) groups is 2. The molecule has 0 atom stereocenters. The van der Waals surface area contributed by atoms with Gasteiger partial charge in [-0.2, -0.15) is 0 Å². The van der Waals surface area contributed by atoms with Gasteiger partial charge in [-0.25, -0.2) is 4.98 Å². The zero-order chi connectivity index (χ0) is 14.1. The number of rotatable bonds is 7. The molecule has 1 aromatic rings. The standard InChI is InChI=1S/C13H20N4O2.ClH/c1-2-8-15-12(18)4-3-5-13(19)17-10-6-7-11(14)16-9-10;/h6-7,9H,2-5,8H2,1H3,(H2,14,16)(H,15,18)(H,17,19);1H. The van der Waals surface area contributed by atoms with Crippen molar-refractivity contribution in [1.29, 1.82) is 0 Å². The molecule has 1 heterocycles. The minimum atomic E-state index is -0.130. The second-order valence-electron chi connectivity index (χ2n) is 4.22. The van der Waals surface area contributed by atoms with E-state index in [-0.39, 0.29) is 24.2 Å². The number of nitrogen functional groups attached to an aromatic ring is 1. The van der Waals surface area contributed by atoms with Gasteiger partial charge >= 0.3 is 0 Å². The number of carbonyl (C=O) groups excluding carboxylic acids is 2. The number of nitrogens with two attached hydrogens (primary N) is 1. The van der Waals surface area contributed by atoms with Crippen LogP contribution in [0.3, 0.4) is 0 Å². The van der Waals surface area contributed by atoms with Crippen LogP contribution in [-0.2, 0) is 9.59 Å². The van der Waals surface area contributed by atoms with E-state index in [0.717, 1.165) is 6.42 Å². The summed E-state index contributed by atoms with van der Waals surface area (Å²) in [5, 5.41) is 5.46. The lowest BCUT2D eigenvalue weighted by Crippen LogP contribution is -2.24. The monoisotopic (exact) mass is 300 g/mol. The fraction of sp³-hybridized carbons (Fsp3) is 0.462. The van der Waals surface area contributed by atoms with Crippen LogP contribution in [0.2, 0.25) is 0 Å². The van der Waals surface area contributed by atoms with Gasteiger partial charge in [0.2, 0.25) is 11.8 Å². The maximum Gasteiger partial charge on any atom is 0.224 e. The molecule has 6 nitrogen and oxygen atoms in total. The van der Waals surface area contributed by atoms with Crippen LogP contribution < -0.4 is 16.4 Å². The maximum absolute atomic E-state index is 11.6. The molecular formula is C13H21ClN4O2. The molecule has 2 amide bonds. The molecule has 0 saturated carbocycles. The third-order valence-corrected chi connectivity index (χ3v) is 2.45. The van der Waals surface area contributed by atoms with E-state index in [1.54, 1.807) is 12.1 Å². The predicted octanol–water partition coefficient (Wildman–Crippen LogP) is 1.72. The number of nitrogens with one attached hydrogen (secondary N) is 2. The molecule has 4 N–H and O–H groups in total. The molecule has 20 heavy (non-hydrogen) atoms. The van der Waals surface area contributed by atoms with Crippen LogP contribution in [0.1, 0.15) is 32.6 Å². The number of amides is 2. The quantitative estimate of drug-likeness (QED) is 0.714. The molecule has 112 valence electrons. The van der Waals surface area contributed by atoms with E-state index in [2.05, 4.69) is 15.6 Å². The molecule has 0 aliphatic rings. The van der Waals surface area contributed by atoms with Crippen molar-refractivity contribution in [2.45, 2.75) is 32.6 Å². The van der Waals surface area contributed by atoms with E-state index < -0.39 is 0 Å². The van der Waals surface area contributed by atoms with Crippen molar-refractivity contribution >= 4 is 35.7 Å². The van der Waals surface area contributed by atoms with Crippen LogP contribution >= 0.6 is 12.4 Å². The Hall–Kier alpha value is -1.82. The normalized spacial score (nSPS) is 9.45. The van der Waals surface area contributed by atoms with Gasteiger partial charge in [0.15, 0.2) is 0 Å². The molecule has 0 aromatic carbocycles. The van der Waals surface area contributed by atoms with Crippen molar-refractivity contribution < 1.29 is 9.59 Å². The van der Waals surface area contributed by atoms with Gasteiger partial charge in [0.1, 0.15) is 5.82 Å². The first-order valence-corrected chi connectivity index (χ1v) is 6.40. The first-order valence-electron chi connectivity index (χ1n) is 6.40. The van der Waals surface area contributed by atoms with Gasteiger partial charge in [-0.1, -0.05) is 6.92 Å². The summed E-state index contributed by atoms with van der Waals surface area (Å²) in [7, 11) is 0. The maximum atomic E-state index is 11.6. The van der Waals surface area contributed by atoms with E-state index in [4.69, 9.17) is 5.73 Å². The Morgan fingerprint density at radius 2 is 1.95 bits per heavy atom. The smallest absolute Gasteiger partial charge is 0.224 e. The summed E-state index contributed by atoms with van der Waals surface area (Å²) < 4.78 is 0. The topological polar surface area (TPSA) is 97.1 Å². The Bertz CT molecular complexity index is 423. The fourth-order valence-electron chi connectivity index (χ4n) is 1.47. The number of nitrogens with zero attached hydrogens (tertiary/aromatic N) is 1. The van der Waals surface area contributed by atoms with Crippen LogP contribution in [0.25, 0.3) is 0 Å². The number of halogens is 1. The highest BCUT2D eigenvalue weighted by Crippen LogP contribution is 2.08. The van der Waals surface area contributed by atoms with Crippen molar-refractivity contribution in [1.82, 2.24) is 10.3 Å². The molecule has 1 rings (SSSR count). The molecule has 0 spiro atoms. The van der Waals surface area contributed by atoms with Crippen molar-refractivity contribution in [3.05, 3.63) is 18.3 Å². The summed E-state index contributed by atoms with van der Waals surface area (Å²) in [6, 6.07) is 3.31. The molecular weight excluding hydrogens is 280 g/mol. The number of aromatic nitrogens is 1. The number of pyridine rings is 1. The second-order valence-corrected chi connectivity index (χ2v) is 4.22. The summed E-state index contributed by atoms with van der Waals surface area (Å²) in [5.74, 6) is 0.268. The van der Waals surface area contributed by atoms with E-state index in [9.17, 15) is 9.59 Å². The largest absolute Gasteiger partial charge is 0.384 e. The highest BCUT2D eigenvalue weighted by molar-refractivity contribution is 5.90. The Kier molecular flexibility index (Phi) is 9.11. The summed E-state index contributed by atoms with van der Waals surface area (Å²) in [6.07, 6.45) is 3.62. The summed E-state index contributed by atoms with van der Waals surface area (Å²) in [4.78, 5) is 26.8. The Labute approximate surface area is 124 Å². The third-order valence-electron chi connectivity index (χ3n) is 2.45. The van der Waals surface area contributed by atoms with Gasteiger partial charge in [-0.15, -0.1) is 12.4 Å². The molecule has 1 aromatic heterocycles. The average molecular weight is 301 g/mol. The van der Waals surface area contributed by atoms with Gasteiger partial charge < -0.3 is 16.4 Å². The van der Waals surface area contributed by atoms with Crippen molar-refractivity contribution in [3.8, 4) is 0 Å². The van der Waals surface area contributed by atoms with E-state index in [1.807, 2.05) is 6.92 Å². The van der Waals surface area contributed by atoms with Crippen LogP contribution in [0.5, 0.6) is 0 Å². The summed E-state index contributed by atoms with van der Waals surface area (Å²) in [6.45, 7) is 2.68. The Balaban J connectivity index is 0.00000361. The molecule has 0 aliphatic carbocycles. The number of anilines is 2. The van der Waals surface area contributed by atoms with Gasteiger partial charge in [0.25, 0.3) is 0 Å². The Morgan fingerprint density at radius 3 is 2.55 bits per heavy atom. The lowest BCUT2D eigenvalue weighted by atomic mass is 10.2. The first kappa shape index (κ1) is 18.2. The summed E-state index contributed by atoms with van der Waals surface area (Å²) >= 11 is 0. The lowest BCUT2D eigenvalue weighted by molar-refractivity contribution is -0.121. The SMILES string of the molecule is CCCNC(=O)CCCC(=O)Nc1ccc(N)nc1.Cl. The zero-order valence-corrected chi connectivity index (χ0v) is 12.3.